The Labute approximate surface area is 297 Å². The van der Waals surface area contributed by atoms with E-state index < -0.39 is 17.4 Å². The van der Waals surface area contributed by atoms with E-state index in [9.17, 15) is 14.4 Å². The first-order valence-corrected chi connectivity index (χ1v) is 17.3. The minimum absolute atomic E-state index is 0.215. The van der Waals surface area contributed by atoms with Gasteiger partial charge < -0.3 is 19.3 Å². The van der Waals surface area contributed by atoms with E-state index in [1.54, 1.807) is 54.5 Å². The average Bonchev–Trinajstić information content (AvgIpc) is 3.57. The Bertz CT molecular complexity index is 2210. The Hall–Kier alpha value is -5.93. The predicted molar refractivity (Wildman–Crippen MR) is 199 cm³/mol. The summed E-state index contributed by atoms with van der Waals surface area (Å²) in [4.78, 5) is 49.8. The molecule has 5 aromatic rings. The predicted octanol–water partition coefficient (Wildman–Crippen LogP) is 7.82. The number of carbonyl (C=O) groups excluding carboxylic acids is 3. The van der Waals surface area contributed by atoms with Crippen molar-refractivity contribution in [3.8, 4) is 11.5 Å². The number of nitrogens with zero attached hydrogens (tertiary/aromatic N) is 4. The highest BCUT2D eigenvalue weighted by Gasteiger charge is 2.57. The number of para-hydroxylation sites is 1. The lowest BCUT2D eigenvalue weighted by molar-refractivity contribution is 0.0923. The van der Waals surface area contributed by atoms with Crippen molar-refractivity contribution in [1.82, 2.24) is 0 Å². The first kappa shape index (κ1) is 32.3. The van der Waals surface area contributed by atoms with Crippen LogP contribution in [0.15, 0.2) is 109 Å². The minimum atomic E-state index is -1.16. The highest BCUT2D eigenvalue weighted by atomic mass is 16.5. The van der Waals surface area contributed by atoms with Gasteiger partial charge in [0, 0.05) is 78.2 Å². The Kier molecular flexibility index (Phi) is 7.87. The van der Waals surface area contributed by atoms with E-state index in [0.29, 0.717) is 40.7 Å². The van der Waals surface area contributed by atoms with Gasteiger partial charge in [0.05, 0.1) is 16.8 Å². The molecule has 0 radical (unpaired) electrons. The van der Waals surface area contributed by atoms with Crippen molar-refractivity contribution in [2.24, 2.45) is 0 Å². The van der Waals surface area contributed by atoms with Gasteiger partial charge in [-0.3, -0.25) is 19.3 Å². The fourth-order valence-corrected chi connectivity index (χ4v) is 7.94. The van der Waals surface area contributed by atoms with Crippen molar-refractivity contribution < 1.29 is 23.9 Å². The van der Waals surface area contributed by atoms with Gasteiger partial charge in [-0.05, 0) is 69.3 Å². The molecule has 5 aromatic carbocycles. The number of amides is 3. The molecule has 3 aliphatic heterocycles. The maximum Gasteiger partial charge on any atom is 0.266 e. The number of hydrogen-bond acceptors (Lipinski definition) is 7. The molecule has 0 fully saturated rings. The van der Waals surface area contributed by atoms with Crippen LogP contribution in [0.3, 0.4) is 0 Å². The number of fused-ring (bicyclic) bond motifs is 7. The quantitative estimate of drug-likeness (QED) is 0.116. The second-order valence-electron chi connectivity index (χ2n) is 12.8. The molecule has 0 bridgehead atoms. The van der Waals surface area contributed by atoms with Gasteiger partial charge in [0.25, 0.3) is 17.7 Å². The third-order valence-electron chi connectivity index (χ3n) is 10.3. The van der Waals surface area contributed by atoms with E-state index in [-0.39, 0.29) is 11.5 Å². The molecule has 0 saturated carbocycles. The molecule has 9 nitrogen and oxygen atoms in total. The van der Waals surface area contributed by atoms with Crippen LogP contribution in [0, 0.1) is 0 Å². The van der Waals surface area contributed by atoms with Crippen molar-refractivity contribution >= 4 is 40.5 Å². The number of ether oxygens (including phenoxy) is 2. The molecule has 0 aromatic heterocycles. The fraction of sp³-hybridized carbons (Fsp3) is 0.214. The zero-order valence-electron chi connectivity index (χ0n) is 29.1. The monoisotopic (exact) mass is 678 g/mol. The van der Waals surface area contributed by atoms with Crippen molar-refractivity contribution in [2.75, 3.05) is 53.1 Å². The molecule has 3 aliphatic rings. The highest BCUT2D eigenvalue weighted by Crippen LogP contribution is 2.59. The number of imide groups is 1. The van der Waals surface area contributed by atoms with E-state index in [1.807, 2.05) is 48.5 Å². The maximum atomic E-state index is 14.9. The summed E-state index contributed by atoms with van der Waals surface area (Å²) < 4.78 is 12.3. The van der Waals surface area contributed by atoms with Crippen LogP contribution in [0.2, 0.25) is 0 Å². The van der Waals surface area contributed by atoms with Crippen LogP contribution in [-0.4, -0.2) is 51.2 Å². The summed E-state index contributed by atoms with van der Waals surface area (Å²) in [6.45, 7) is 9.06. The van der Waals surface area contributed by atoms with Gasteiger partial charge in [-0.1, -0.05) is 48.5 Å². The number of anilines is 4. The molecule has 1 spiro atoms. The van der Waals surface area contributed by atoms with Gasteiger partial charge >= 0.3 is 0 Å². The number of rotatable bonds is 9. The SMILES string of the molecule is CCN(CC)c1ccc2c(c1)Oc1cc(N(CC)COC)ccc1C21c2ccccc2C(=O)N1c1ccc2c(c1)C(=O)N(c1ccccc1)C2=O. The molecule has 256 valence electrons. The second kappa shape index (κ2) is 12.4. The number of carbonyl (C=O) groups is 3. The molecule has 1 unspecified atom stereocenters. The zero-order valence-corrected chi connectivity index (χ0v) is 29.1. The molecule has 3 heterocycles. The summed E-state index contributed by atoms with van der Waals surface area (Å²) in [5.74, 6) is 0.209. The largest absolute Gasteiger partial charge is 0.456 e. The van der Waals surface area contributed by atoms with Crippen LogP contribution in [0.25, 0.3) is 0 Å². The highest BCUT2D eigenvalue weighted by molar-refractivity contribution is 6.34. The van der Waals surface area contributed by atoms with Crippen LogP contribution in [0.4, 0.5) is 22.7 Å². The van der Waals surface area contributed by atoms with Crippen LogP contribution in [0.5, 0.6) is 11.5 Å². The van der Waals surface area contributed by atoms with Gasteiger partial charge in [0.1, 0.15) is 23.8 Å². The van der Waals surface area contributed by atoms with Crippen LogP contribution in [-0.2, 0) is 10.3 Å². The Balaban J connectivity index is 1.38. The molecule has 8 rings (SSSR count). The van der Waals surface area contributed by atoms with Gasteiger partial charge in [-0.15, -0.1) is 0 Å². The topological polar surface area (TPSA) is 82.6 Å². The van der Waals surface area contributed by atoms with Crippen molar-refractivity contribution in [1.29, 1.82) is 0 Å². The minimum Gasteiger partial charge on any atom is -0.456 e. The first-order chi connectivity index (χ1) is 24.9. The lowest BCUT2D eigenvalue weighted by Crippen LogP contribution is -2.47. The van der Waals surface area contributed by atoms with E-state index in [1.165, 1.54) is 4.90 Å². The smallest absolute Gasteiger partial charge is 0.266 e. The average molecular weight is 679 g/mol. The van der Waals surface area contributed by atoms with Crippen molar-refractivity contribution in [3.63, 3.8) is 0 Å². The third kappa shape index (κ3) is 4.68. The van der Waals surface area contributed by atoms with Crippen molar-refractivity contribution in [3.05, 3.63) is 143 Å². The molecule has 9 heteroatoms. The van der Waals surface area contributed by atoms with Crippen LogP contribution in [0.1, 0.15) is 68.5 Å². The van der Waals surface area contributed by atoms with E-state index in [2.05, 4.69) is 48.8 Å². The Morgan fingerprint density at radius 1 is 0.588 bits per heavy atom. The summed E-state index contributed by atoms with van der Waals surface area (Å²) in [5, 5.41) is 0. The molecule has 3 amide bonds. The molecule has 1 atom stereocenters. The third-order valence-corrected chi connectivity index (χ3v) is 10.3. The van der Waals surface area contributed by atoms with Gasteiger partial charge in [-0.2, -0.15) is 0 Å². The molecule has 51 heavy (non-hydrogen) atoms. The lowest BCUT2D eigenvalue weighted by Gasteiger charge is -2.44. The first-order valence-electron chi connectivity index (χ1n) is 17.3. The number of methoxy groups -OCH3 is 1. The van der Waals surface area contributed by atoms with Crippen LogP contribution < -0.4 is 24.3 Å². The normalized spacial score (nSPS) is 16.9. The van der Waals surface area contributed by atoms with Gasteiger partial charge in [-0.25, -0.2) is 4.90 Å². The summed E-state index contributed by atoms with van der Waals surface area (Å²) in [6.07, 6.45) is 0. The number of benzene rings is 5. The van der Waals surface area contributed by atoms with Crippen LogP contribution >= 0.6 is 0 Å². The molecular weight excluding hydrogens is 640 g/mol. The summed E-state index contributed by atoms with van der Waals surface area (Å²) in [7, 11) is 1.67. The van der Waals surface area contributed by atoms with E-state index in [0.717, 1.165) is 47.7 Å². The second-order valence-corrected chi connectivity index (χ2v) is 12.8. The fourth-order valence-electron chi connectivity index (χ4n) is 7.94. The maximum absolute atomic E-state index is 14.9. The Morgan fingerprint density at radius 3 is 1.84 bits per heavy atom. The standard InChI is InChI=1S/C42H38N4O5/c1-5-43(6-2)28-18-21-35-37(24-28)51-38-25-29(44(7-3)26-50-4)19-22-36(38)42(35)34-16-12-11-15-32(34)41(49)46(42)30-17-20-31-33(23-30)40(48)45(39(31)47)27-13-9-8-10-14-27/h8-25H,5-7,26H2,1-4H3. The Morgan fingerprint density at radius 2 is 1.20 bits per heavy atom. The molecule has 0 saturated heterocycles. The summed E-state index contributed by atoms with van der Waals surface area (Å²) in [6, 6.07) is 34.0. The molecular formula is C42H38N4O5. The molecule has 0 aliphatic carbocycles. The van der Waals surface area contributed by atoms with E-state index >= 15 is 0 Å². The molecule has 0 N–H and O–H groups in total. The van der Waals surface area contributed by atoms with Gasteiger partial charge in [0.15, 0.2) is 0 Å². The van der Waals surface area contributed by atoms with Gasteiger partial charge in [0.2, 0.25) is 0 Å². The zero-order chi connectivity index (χ0) is 35.4. The summed E-state index contributed by atoms with van der Waals surface area (Å²) in [5.41, 5.74) is 5.25. The lowest BCUT2D eigenvalue weighted by atomic mass is 9.74. The summed E-state index contributed by atoms with van der Waals surface area (Å²) >= 11 is 0. The number of hydrogen-bond donors (Lipinski definition) is 0. The van der Waals surface area contributed by atoms with Crippen molar-refractivity contribution in [2.45, 2.75) is 26.3 Å². The van der Waals surface area contributed by atoms with E-state index in [4.69, 9.17) is 9.47 Å².